The molecule has 0 saturated carbocycles. The summed E-state index contributed by atoms with van der Waals surface area (Å²) in [6, 6.07) is 28.0. The van der Waals surface area contributed by atoms with Crippen molar-refractivity contribution in [2.75, 3.05) is 10.6 Å². The average molecular weight is 437 g/mol. The third-order valence-corrected chi connectivity index (χ3v) is 5.24. The summed E-state index contributed by atoms with van der Waals surface area (Å²) in [5, 5.41) is 10.3. The van der Waals surface area contributed by atoms with Crippen LogP contribution in [0.2, 0.25) is 0 Å². The molecular formula is C27H23N3O3. The zero-order valence-corrected chi connectivity index (χ0v) is 18.0. The van der Waals surface area contributed by atoms with E-state index in [0.717, 1.165) is 10.8 Å². The highest BCUT2D eigenvalue weighted by Gasteiger charge is 2.20. The minimum atomic E-state index is -0.797. The van der Waals surface area contributed by atoms with Crippen LogP contribution >= 0.6 is 0 Å². The van der Waals surface area contributed by atoms with Gasteiger partial charge in [-0.25, -0.2) is 0 Å². The molecule has 6 heteroatoms. The molecule has 3 N–H and O–H groups in total. The Labute approximate surface area is 191 Å². The molecule has 0 aliphatic heterocycles. The number of benzene rings is 4. The van der Waals surface area contributed by atoms with Crippen molar-refractivity contribution in [3.8, 4) is 0 Å². The fourth-order valence-electron chi connectivity index (χ4n) is 3.49. The second kappa shape index (κ2) is 9.78. The molecule has 164 valence electrons. The van der Waals surface area contributed by atoms with E-state index in [-0.39, 0.29) is 17.4 Å². The number of rotatable bonds is 6. The van der Waals surface area contributed by atoms with Gasteiger partial charge in [0.05, 0.1) is 11.3 Å². The third-order valence-electron chi connectivity index (χ3n) is 5.24. The molecule has 0 saturated heterocycles. The summed E-state index contributed by atoms with van der Waals surface area (Å²) in [5.41, 5.74) is 1.79. The van der Waals surface area contributed by atoms with Crippen LogP contribution in [0.5, 0.6) is 0 Å². The molecule has 0 heterocycles. The predicted molar refractivity (Wildman–Crippen MR) is 130 cm³/mol. The lowest BCUT2D eigenvalue weighted by atomic mass is 10.1. The molecule has 6 nitrogen and oxygen atoms in total. The Bertz CT molecular complexity index is 1310. The maximum Gasteiger partial charge on any atom is 0.255 e. The van der Waals surface area contributed by atoms with Crippen molar-refractivity contribution in [2.45, 2.75) is 13.0 Å². The third kappa shape index (κ3) is 5.07. The van der Waals surface area contributed by atoms with Crippen molar-refractivity contribution >= 4 is 39.9 Å². The summed E-state index contributed by atoms with van der Waals surface area (Å²) in [6.45, 7) is 1.61. The van der Waals surface area contributed by atoms with Crippen LogP contribution in [0.4, 0.5) is 11.4 Å². The highest BCUT2D eigenvalue weighted by Crippen LogP contribution is 2.23. The Morgan fingerprint density at radius 1 is 0.636 bits per heavy atom. The van der Waals surface area contributed by atoms with E-state index >= 15 is 0 Å². The Morgan fingerprint density at radius 3 is 2.09 bits per heavy atom. The summed E-state index contributed by atoms with van der Waals surface area (Å²) >= 11 is 0. The summed E-state index contributed by atoms with van der Waals surface area (Å²) in [5.74, 6) is -1.12. The number of nitrogens with one attached hydrogen (secondary N) is 3. The predicted octanol–water partition coefficient (Wildman–Crippen LogP) is 4.85. The van der Waals surface area contributed by atoms with E-state index in [1.54, 1.807) is 55.5 Å². The molecule has 4 rings (SSSR count). The summed E-state index contributed by atoms with van der Waals surface area (Å²) in [6.07, 6.45) is 0. The van der Waals surface area contributed by atoms with Gasteiger partial charge in [-0.3, -0.25) is 14.4 Å². The molecule has 0 unspecified atom stereocenters. The summed E-state index contributed by atoms with van der Waals surface area (Å²) < 4.78 is 0. The molecule has 1 atom stereocenters. The summed E-state index contributed by atoms with van der Waals surface area (Å²) in [7, 11) is 0. The highest BCUT2D eigenvalue weighted by atomic mass is 16.2. The average Bonchev–Trinajstić information content (AvgIpc) is 2.85. The normalized spacial score (nSPS) is 11.4. The minimum absolute atomic E-state index is 0.270. The number of carbonyl (C=O) groups excluding carboxylic acids is 3. The van der Waals surface area contributed by atoms with Gasteiger partial charge in [-0.05, 0) is 42.6 Å². The van der Waals surface area contributed by atoms with Gasteiger partial charge in [-0.2, -0.15) is 0 Å². The first-order chi connectivity index (χ1) is 16.0. The van der Waals surface area contributed by atoms with Gasteiger partial charge in [0.15, 0.2) is 0 Å². The Kier molecular flexibility index (Phi) is 6.45. The van der Waals surface area contributed by atoms with Gasteiger partial charge in [-0.15, -0.1) is 0 Å². The zero-order chi connectivity index (χ0) is 23.2. The second-order valence-corrected chi connectivity index (χ2v) is 7.58. The van der Waals surface area contributed by atoms with Gasteiger partial charge in [0.1, 0.15) is 6.04 Å². The number of hydrogen-bond donors (Lipinski definition) is 3. The largest absolute Gasteiger partial charge is 0.340 e. The van der Waals surface area contributed by atoms with Crippen LogP contribution in [0, 0.1) is 0 Å². The molecule has 33 heavy (non-hydrogen) atoms. The van der Waals surface area contributed by atoms with Crippen LogP contribution in [0.1, 0.15) is 27.6 Å². The maximum atomic E-state index is 12.9. The van der Waals surface area contributed by atoms with Crippen molar-refractivity contribution < 1.29 is 14.4 Å². The first kappa shape index (κ1) is 21.8. The van der Waals surface area contributed by atoms with Crippen LogP contribution in [-0.4, -0.2) is 23.8 Å². The minimum Gasteiger partial charge on any atom is -0.340 e. The molecule has 0 spiro atoms. The fourth-order valence-corrected chi connectivity index (χ4v) is 3.49. The van der Waals surface area contributed by atoms with E-state index in [1.807, 2.05) is 48.5 Å². The number of carbonyl (C=O) groups is 3. The molecular weight excluding hydrogens is 414 g/mol. The Balaban J connectivity index is 1.46. The van der Waals surface area contributed by atoms with E-state index in [1.165, 1.54) is 0 Å². The molecule has 0 bridgehead atoms. The quantitative estimate of drug-likeness (QED) is 0.403. The molecule has 0 aromatic heterocycles. The van der Waals surface area contributed by atoms with Crippen molar-refractivity contribution in [2.24, 2.45) is 0 Å². The van der Waals surface area contributed by atoms with Crippen LogP contribution in [0.25, 0.3) is 10.8 Å². The second-order valence-electron chi connectivity index (χ2n) is 7.58. The van der Waals surface area contributed by atoms with E-state index in [4.69, 9.17) is 0 Å². The summed E-state index contributed by atoms with van der Waals surface area (Å²) in [4.78, 5) is 38.2. The van der Waals surface area contributed by atoms with Gasteiger partial charge in [0.2, 0.25) is 5.91 Å². The van der Waals surface area contributed by atoms with Gasteiger partial charge in [0.25, 0.3) is 11.8 Å². The van der Waals surface area contributed by atoms with E-state index in [2.05, 4.69) is 16.0 Å². The highest BCUT2D eigenvalue weighted by molar-refractivity contribution is 6.10. The number of hydrogen-bond acceptors (Lipinski definition) is 3. The molecule has 0 aliphatic rings. The first-order valence-corrected chi connectivity index (χ1v) is 10.6. The lowest BCUT2D eigenvalue weighted by Crippen LogP contribution is -2.41. The molecule has 4 aromatic rings. The SMILES string of the molecule is C[C@@H](NC(=O)c1ccccc1NC(=O)c1ccccc1)C(=O)Nc1cccc2ccccc12. The molecule has 4 aromatic carbocycles. The molecule has 0 fully saturated rings. The van der Waals surface area contributed by atoms with Crippen LogP contribution in [0.3, 0.4) is 0 Å². The van der Waals surface area contributed by atoms with Crippen molar-refractivity contribution in [1.82, 2.24) is 5.32 Å². The molecule has 0 aliphatic carbocycles. The number of amides is 3. The Hall–Kier alpha value is -4.45. The Morgan fingerprint density at radius 2 is 1.27 bits per heavy atom. The number of fused-ring (bicyclic) bond motifs is 1. The smallest absolute Gasteiger partial charge is 0.255 e. The van der Waals surface area contributed by atoms with Crippen LogP contribution in [-0.2, 0) is 4.79 Å². The maximum absolute atomic E-state index is 12.9. The van der Waals surface area contributed by atoms with Gasteiger partial charge < -0.3 is 16.0 Å². The first-order valence-electron chi connectivity index (χ1n) is 10.6. The fraction of sp³-hybridized carbons (Fsp3) is 0.0741. The number of anilines is 2. The van der Waals surface area contributed by atoms with Gasteiger partial charge in [-0.1, -0.05) is 66.7 Å². The van der Waals surface area contributed by atoms with E-state index < -0.39 is 11.9 Å². The van der Waals surface area contributed by atoms with E-state index in [9.17, 15) is 14.4 Å². The van der Waals surface area contributed by atoms with Crippen molar-refractivity contribution in [3.05, 3.63) is 108 Å². The van der Waals surface area contributed by atoms with E-state index in [0.29, 0.717) is 16.9 Å². The van der Waals surface area contributed by atoms with Crippen molar-refractivity contribution in [3.63, 3.8) is 0 Å². The van der Waals surface area contributed by atoms with Crippen molar-refractivity contribution in [1.29, 1.82) is 0 Å². The van der Waals surface area contributed by atoms with Gasteiger partial charge >= 0.3 is 0 Å². The van der Waals surface area contributed by atoms with Crippen LogP contribution in [0.15, 0.2) is 97.1 Å². The lowest BCUT2D eigenvalue weighted by molar-refractivity contribution is -0.117. The topological polar surface area (TPSA) is 87.3 Å². The monoisotopic (exact) mass is 437 g/mol. The van der Waals surface area contributed by atoms with Crippen LogP contribution < -0.4 is 16.0 Å². The molecule has 0 radical (unpaired) electrons. The number of para-hydroxylation sites is 1. The van der Waals surface area contributed by atoms with Gasteiger partial charge in [0, 0.05) is 16.6 Å². The molecule has 3 amide bonds. The standard InChI is InChI=1S/C27H23N3O3/c1-18(25(31)29-23-17-9-13-19-10-5-6-14-21(19)23)28-27(33)22-15-7-8-16-24(22)30-26(32)20-11-3-2-4-12-20/h2-18H,1H3,(H,28,33)(H,29,31)(H,30,32)/t18-/m1/s1. The zero-order valence-electron chi connectivity index (χ0n) is 18.0. The lowest BCUT2D eigenvalue weighted by Gasteiger charge is -2.17.